The van der Waals surface area contributed by atoms with E-state index in [1.54, 1.807) is 30.3 Å². The molecule has 0 saturated heterocycles. The fourth-order valence-electron chi connectivity index (χ4n) is 1.73. The van der Waals surface area contributed by atoms with Crippen LogP contribution < -0.4 is 20.5 Å². The van der Waals surface area contributed by atoms with Crippen LogP contribution in [-0.2, 0) is 0 Å². The lowest BCUT2D eigenvalue weighted by Gasteiger charge is -2.11. The highest BCUT2D eigenvalue weighted by molar-refractivity contribution is 6.09. The van der Waals surface area contributed by atoms with E-state index in [0.717, 1.165) is 0 Å². The second-order valence-corrected chi connectivity index (χ2v) is 3.97. The average Bonchev–Trinajstić information content (AvgIpc) is 2.47. The number of hydrogen-bond acceptors (Lipinski definition) is 5. The van der Waals surface area contributed by atoms with Gasteiger partial charge in [0.2, 0.25) is 5.88 Å². The molecule has 6 heteroatoms. The van der Waals surface area contributed by atoms with Crippen LogP contribution in [0.25, 0.3) is 0 Å². The lowest BCUT2D eigenvalue weighted by molar-refractivity contribution is 0.102. The summed E-state index contributed by atoms with van der Waals surface area (Å²) in [5.41, 5.74) is 7.01. The minimum absolute atomic E-state index is 0.297. The summed E-state index contributed by atoms with van der Waals surface area (Å²) in [6.45, 7) is 0. The molecule has 1 heterocycles. The normalized spacial score (nSPS) is 9.90. The number of benzene rings is 1. The first-order chi connectivity index (χ1) is 9.65. The molecule has 6 nitrogen and oxygen atoms in total. The Balaban J connectivity index is 2.23. The molecule has 0 bridgehead atoms. The van der Waals surface area contributed by atoms with Gasteiger partial charge in [-0.1, -0.05) is 6.07 Å². The van der Waals surface area contributed by atoms with Crippen molar-refractivity contribution >= 4 is 17.3 Å². The van der Waals surface area contributed by atoms with Crippen LogP contribution in [0.2, 0.25) is 0 Å². The summed E-state index contributed by atoms with van der Waals surface area (Å²) in [5, 5.41) is 2.71. The Hall–Kier alpha value is -2.76. The van der Waals surface area contributed by atoms with Gasteiger partial charge in [-0.05, 0) is 18.2 Å². The number of hydrogen-bond donors (Lipinski definition) is 2. The van der Waals surface area contributed by atoms with Crippen molar-refractivity contribution in [3.8, 4) is 11.6 Å². The Morgan fingerprint density at radius 1 is 1.20 bits per heavy atom. The fourth-order valence-corrected chi connectivity index (χ4v) is 1.73. The number of amides is 1. The predicted molar refractivity (Wildman–Crippen MR) is 76.1 cm³/mol. The molecule has 1 amide bonds. The molecule has 1 aromatic heterocycles. The first-order valence-electron chi connectivity index (χ1n) is 5.89. The van der Waals surface area contributed by atoms with Gasteiger partial charge in [0.05, 0.1) is 26.1 Å². The van der Waals surface area contributed by atoms with E-state index >= 15 is 0 Å². The van der Waals surface area contributed by atoms with Crippen molar-refractivity contribution < 1.29 is 14.3 Å². The summed E-state index contributed by atoms with van der Waals surface area (Å²) in [4.78, 5) is 16.2. The van der Waals surface area contributed by atoms with Crippen molar-refractivity contribution in [1.82, 2.24) is 4.98 Å². The molecule has 20 heavy (non-hydrogen) atoms. The second-order valence-electron chi connectivity index (χ2n) is 3.97. The second kappa shape index (κ2) is 5.92. The standard InChI is InChI=1S/C14H15N3O3/c1-19-11-5-3-4-10(15)13(11)14(18)17-9-6-7-12(20-2)16-8-9/h3-8H,15H2,1-2H3,(H,17,18). The number of nitrogens with one attached hydrogen (secondary N) is 1. The van der Waals surface area contributed by atoms with Gasteiger partial charge in [-0.15, -0.1) is 0 Å². The molecule has 2 aromatic rings. The van der Waals surface area contributed by atoms with Gasteiger partial charge in [-0.2, -0.15) is 0 Å². The van der Waals surface area contributed by atoms with E-state index in [0.29, 0.717) is 28.6 Å². The third-order valence-electron chi connectivity index (χ3n) is 2.71. The number of carbonyl (C=O) groups excluding carboxylic acids is 1. The molecular formula is C14H15N3O3. The quantitative estimate of drug-likeness (QED) is 0.831. The number of anilines is 2. The van der Waals surface area contributed by atoms with E-state index < -0.39 is 0 Å². The molecule has 104 valence electrons. The van der Waals surface area contributed by atoms with Crippen molar-refractivity contribution in [2.75, 3.05) is 25.3 Å². The molecule has 0 spiro atoms. The van der Waals surface area contributed by atoms with Gasteiger partial charge >= 0.3 is 0 Å². The SMILES string of the molecule is COc1ccc(NC(=O)c2c(N)cccc2OC)cn1. The number of nitrogens with zero attached hydrogens (tertiary/aromatic N) is 1. The van der Waals surface area contributed by atoms with Crippen molar-refractivity contribution in [3.05, 3.63) is 42.1 Å². The monoisotopic (exact) mass is 273 g/mol. The number of carbonyl (C=O) groups is 1. The molecule has 0 aliphatic carbocycles. The molecule has 0 aliphatic rings. The fraction of sp³-hybridized carbons (Fsp3) is 0.143. The molecule has 0 saturated carbocycles. The maximum atomic E-state index is 12.2. The zero-order valence-electron chi connectivity index (χ0n) is 11.2. The van der Waals surface area contributed by atoms with E-state index in [-0.39, 0.29) is 5.91 Å². The molecule has 0 radical (unpaired) electrons. The van der Waals surface area contributed by atoms with Gasteiger partial charge in [-0.25, -0.2) is 4.98 Å². The molecule has 0 fully saturated rings. The van der Waals surface area contributed by atoms with E-state index in [9.17, 15) is 4.79 Å². The number of aromatic nitrogens is 1. The van der Waals surface area contributed by atoms with Gasteiger partial charge in [0.15, 0.2) is 0 Å². The highest BCUT2D eigenvalue weighted by Crippen LogP contribution is 2.25. The third-order valence-corrected chi connectivity index (χ3v) is 2.71. The highest BCUT2D eigenvalue weighted by atomic mass is 16.5. The van der Waals surface area contributed by atoms with Gasteiger partial charge < -0.3 is 20.5 Å². The van der Waals surface area contributed by atoms with E-state index in [1.807, 2.05) is 0 Å². The number of nitrogen functional groups attached to an aromatic ring is 1. The van der Waals surface area contributed by atoms with E-state index in [1.165, 1.54) is 20.4 Å². The summed E-state index contributed by atoms with van der Waals surface area (Å²) in [6.07, 6.45) is 1.50. The number of nitrogens with two attached hydrogens (primary N) is 1. The van der Waals surface area contributed by atoms with Gasteiger partial charge in [0.25, 0.3) is 5.91 Å². The number of ether oxygens (including phenoxy) is 2. The highest BCUT2D eigenvalue weighted by Gasteiger charge is 2.15. The Bertz CT molecular complexity index is 612. The molecule has 1 aromatic carbocycles. The Kier molecular flexibility index (Phi) is 4.05. The molecule has 0 aliphatic heterocycles. The summed E-state index contributed by atoms with van der Waals surface area (Å²) < 4.78 is 10.1. The number of pyridine rings is 1. The summed E-state index contributed by atoms with van der Waals surface area (Å²) >= 11 is 0. The van der Waals surface area contributed by atoms with Gasteiger partial charge in [-0.3, -0.25) is 4.79 Å². The maximum Gasteiger partial charge on any atom is 0.261 e. The van der Waals surface area contributed by atoms with Crippen LogP contribution in [0.1, 0.15) is 10.4 Å². The minimum atomic E-state index is -0.355. The Morgan fingerprint density at radius 3 is 2.60 bits per heavy atom. The molecule has 3 N–H and O–H groups in total. The van der Waals surface area contributed by atoms with Crippen LogP contribution in [0.15, 0.2) is 36.5 Å². The van der Waals surface area contributed by atoms with Crippen LogP contribution in [-0.4, -0.2) is 25.1 Å². The topological polar surface area (TPSA) is 86.5 Å². The Labute approximate surface area is 116 Å². The van der Waals surface area contributed by atoms with E-state index in [4.69, 9.17) is 15.2 Å². The number of methoxy groups -OCH3 is 2. The van der Waals surface area contributed by atoms with Gasteiger partial charge in [0.1, 0.15) is 11.3 Å². The smallest absolute Gasteiger partial charge is 0.261 e. The summed E-state index contributed by atoms with van der Waals surface area (Å²) in [5.74, 6) is 0.538. The van der Waals surface area contributed by atoms with Crippen molar-refractivity contribution in [2.24, 2.45) is 0 Å². The predicted octanol–water partition coefficient (Wildman–Crippen LogP) is 1.93. The molecule has 0 atom stereocenters. The van der Waals surface area contributed by atoms with Crippen LogP contribution in [0.5, 0.6) is 11.6 Å². The average molecular weight is 273 g/mol. The van der Waals surface area contributed by atoms with Gasteiger partial charge in [0, 0.05) is 11.8 Å². The lowest BCUT2D eigenvalue weighted by atomic mass is 10.1. The summed E-state index contributed by atoms with van der Waals surface area (Å²) in [6, 6.07) is 8.39. The first-order valence-corrected chi connectivity index (χ1v) is 5.89. The first kappa shape index (κ1) is 13.7. The molecular weight excluding hydrogens is 258 g/mol. The number of rotatable bonds is 4. The lowest BCUT2D eigenvalue weighted by Crippen LogP contribution is -2.15. The summed E-state index contributed by atoms with van der Waals surface area (Å²) in [7, 11) is 3.01. The third kappa shape index (κ3) is 2.80. The van der Waals surface area contributed by atoms with Crippen molar-refractivity contribution in [1.29, 1.82) is 0 Å². The Morgan fingerprint density at radius 2 is 2.00 bits per heavy atom. The largest absolute Gasteiger partial charge is 0.496 e. The van der Waals surface area contributed by atoms with Crippen LogP contribution in [0, 0.1) is 0 Å². The van der Waals surface area contributed by atoms with Crippen LogP contribution >= 0.6 is 0 Å². The molecule has 0 unspecified atom stereocenters. The van der Waals surface area contributed by atoms with Crippen LogP contribution in [0.3, 0.4) is 0 Å². The zero-order chi connectivity index (χ0) is 14.5. The van der Waals surface area contributed by atoms with E-state index in [2.05, 4.69) is 10.3 Å². The molecule has 2 rings (SSSR count). The van der Waals surface area contributed by atoms with Crippen LogP contribution in [0.4, 0.5) is 11.4 Å². The van der Waals surface area contributed by atoms with Crippen molar-refractivity contribution in [2.45, 2.75) is 0 Å². The maximum absolute atomic E-state index is 12.2. The minimum Gasteiger partial charge on any atom is -0.496 e. The van der Waals surface area contributed by atoms with Crippen molar-refractivity contribution in [3.63, 3.8) is 0 Å². The zero-order valence-corrected chi connectivity index (χ0v) is 11.2.